The number of rotatable bonds is 3. The van der Waals surface area contributed by atoms with Crippen molar-refractivity contribution in [3.8, 4) is 0 Å². The number of allylic oxidation sites excluding steroid dienone is 5. The molecule has 0 nitrogen and oxygen atoms in total. The summed E-state index contributed by atoms with van der Waals surface area (Å²) in [4.78, 5) is 0. The quantitative estimate of drug-likeness (QED) is 0.416. The third-order valence-electron chi connectivity index (χ3n) is 1.04. The molecule has 0 aromatic rings. The standard InChI is InChI=1S/C9H13F/c1-4-5-6-7-9(10)8(2)3/h4,6-7H,1,5H2,2-3H3. The molecule has 0 radical (unpaired) electrons. The van der Waals surface area contributed by atoms with E-state index in [1.165, 1.54) is 6.08 Å². The fourth-order valence-electron chi connectivity index (χ4n) is 0.434. The minimum atomic E-state index is -0.151. The summed E-state index contributed by atoms with van der Waals surface area (Å²) in [5, 5.41) is 0. The van der Waals surface area contributed by atoms with Gasteiger partial charge in [-0.05, 0) is 31.9 Å². The van der Waals surface area contributed by atoms with Gasteiger partial charge < -0.3 is 0 Å². The summed E-state index contributed by atoms with van der Waals surface area (Å²) in [7, 11) is 0. The summed E-state index contributed by atoms with van der Waals surface area (Å²) in [5.74, 6) is -0.151. The molecule has 0 heterocycles. The van der Waals surface area contributed by atoms with Gasteiger partial charge in [0.2, 0.25) is 0 Å². The first kappa shape index (κ1) is 9.15. The third-order valence-corrected chi connectivity index (χ3v) is 1.04. The van der Waals surface area contributed by atoms with E-state index in [0.717, 1.165) is 6.42 Å². The van der Waals surface area contributed by atoms with Crippen LogP contribution in [-0.2, 0) is 0 Å². The smallest absolute Gasteiger partial charge is 0.121 e. The lowest BCUT2D eigenvalue weighted by Crippen LogP contribution is -1.70. The molecule has 0 fully saturated rings. The van der Waals surface area contributed by atoms with E-state index in [4.69, 9.17) is 0 Å². The van der Waals surface area contributed by atoms with Gasteiger partial charge in [-0.2, -0.15) is 0 Å². The normalized spacial score (nSPS) is 9.90. The van der Waals surface area contributed by atoms with Gasteiger partial charge >= 0.3 is 0 Å². The molecule has 10 heavy (non-hydrogen) atoms. The van der Waals surface area contributed by atoms with Crippen LogP contribution in [0.15, 0.2) is 36.2 Å². The van der Waals surface area contributed by atoms with E-state index >= 15 is 0 Å². The van der Waals surface area contributed by atoms with Gasteiger partial charge in [0.1, 0.15) is 5.83 Å². The van der Waals surface area contributed by atoms with Crippen molar-refractivity contribution in [2.45, 2.75) is 20.3 Å². The minimum absolute atomic E-state index is 0.151. The highest BCUT2D eigenvalue weighted by Crippen LogP contribution is 2.05. The van der Waals surface area contributed by atoms with Crippen LogP contribution in [0.5, 0.6) is 0 Å². The molecule has 0 unspecified atom stereocenters. The van der Waals surface area contributed by atoms with Crippen molar-refractivity contribution in [3.05, 3.63) is 36.2 Å². The van der Waals surface area contributed by atoms with E-state index in [-0.39, 0.29) is 5.83 Å². The zero-order chi connectivity index (χ0) is 7.98. The second-order valence-electron chi connectivity index (χ2n) is 2.27. The van der Waals surface area contributed by atoms with Gasteiger partial charge in [0, 0.05) is 0 Å². The van der Waals surface area contributed by atoms with E-state index in [1.54, 1.807) is 26.0 Å². The van der Waals surface area contributed by atoms with Gasteiger partial charge in [0.25, 0.3) is 0 Å². The molecule has 0 aliphatic carbocycles. The van der Waals surface area contributed by atoms with Crippen LogP contribution in [0.1, 0.15) is 20.3 Å². The Labute approximate surface area is 61.8 Å². The maximum atomic E-state index is 12.6. The Bertz CT molecular complexity index is 160. The highest BCUT2D eigenvalue weighted by atomic mass is 19.1. The summed E-state index contributed by atoms with van der Waals surface area (Å²) in [6.07, 6.45) is 5.67. The van der Waals surface area contributed by atoms with Gasteiger partial charge in [0.15, 0.2) is 0 Å². The lowest BCUT2D eigenvalue weighted by molar-refractivity contribution is 0.654. The molecule has 0 atom stereocenters. The second-order valence-corrected chi connectivity index (χ2v) is 2.27. The largest absolute Gasteiger partial charge is 0.207 e. The molecule has 1 heteroatoms. The van der Waals surface area contributed by atoms with Gasteiger partial charge in [-0.3, -0.25) is 0 Å². The van der Waals surface area contributed by atoms with Crippen LogP contribution in [0, 0.1) is 0 Å². The number of halogens is 1. The lowest BCUT2D eigenvalue weighted by Gasteiger charge is -1.88. The first-order valence-corrected chi connectivity index (χ1v) is 3.29. The molecular formula is C9H13F. The summed E-state index contributed by atoms with van der Waals surface area (Å²) >= 11 is 0. The molecule has 0 saturated heterocycles. The van der Waals surface area contributed by atoms with Crippen molar-refractivity contribution in [2.24, 2.45) is 0 Å². The molecule has 0 aliphatic heterocycles. The van der Waals surface area contributed by atoms with Crippen molar-refractivity contribution in [1.82, 2.24) is 0 Å². The molecular weight excluding hydrogens is 127 g/mol. The second kappa shape index (κ2) is 4.98. The summed E-state index contributed by atoms with van der Waals surface area (Å²) in [5.41, 5.74) is 0.709. The number of hydrogen-bond acceptors (Lipinski definition) is 0. The Morgan fingerprint density at radius 2 is 2.10 bits per heavy atom. The molecule has 0 saturated carbocycles. The molecule has 0 N–H and O–H groups in total. The van der Waals surface area contributed by atoms with Crippen molar-refractivity contribution in [2.75, 3.05) is 0 Å². The Morgan fingerprint density at radius 1 is 1.50 bits per heavy atom. The fraction of sp³-hybridized carbons (Fsp3) is 0.333. The minimum Gasteiger partial charge on any atom is -0.207 e. The highest BCUT2D eigenvalue weighted by Gasteiger charge is 1.87. The molecule has 56 valence electrons. The van der Waals surface area contributed by atoms with Crippen LogP contribution in [0.4, 0.5) is 4.39 Å². The van der Waals surface area contributed by atoms with Crippen LogP contribution in [-0.4, -0.2) is 0 Å². The van der Waals surface area contributed by atoms with Crippen LogP contribution < -0.4 is 0 Å². The van der Waals surface area contributed by atoms with Crippen molar-refractivity contribution in [3.63, 3.8) is 0 Å². The zero-order valence-corrected chi connectivity index (χ0v) is 6.52. The summed E-state index contributed by atoms with van der Waals surface area (Å²) in [6.45, 7) is 7.00. The van der Waals surface area contributed by atoms with Crippen LogP contribution in [0.3, 0.4) is 0 Å². The topological polar surface area (TPSA) is 0 Å². The molecule has 0 aliphatic rings. The Kier molecular flexibility index (Phi) is 4.55. The van der Waals surface area contributed by atoms with Gasteiger partial charge in [-0.15, -0.1) is 6.58 Å². The predicted octanol–water partition coefficient (Wildman–Crippen LogP) is 3.38. The molecule has 0 spiro atoms. The van der Waals surface area contributed by atoms with Crippen LogP contribution in [0.2, 0.25) is 0 Å². The maximum Gasteiger partial charge on any atom is 0.121 e. The monoisotopic (exact) mass is 140 g/mol. The Balaban J connectivity index is 3.89. The third kappa shape index (κ3) is 4.07. The zero-order valence-electron chi connectivity index (χ0n) is 6.52. The van der Waals surface area contributed by atoms with E-state index in [1.807, 2.05) is 0 Å². The fourth-order valence-corrected chi connectivity index (χ4v) is 0.434. The maximum absolute atomic E-state index is 12.6. The van der Waals surface area contributed by atoms with E-state index < -0.39 is 0 Å². The average Bonchev–Trinajstić information content (AvgIpc) is 1.88. The van der Waals surface area contributed by atoms with Crippen LogP contribution >= 0.6 is 0 Å². The van der Waals surface area contributed by atoms with Gasteiger partial charge in [-0.25, -0.2) is 4.39 Å². The van der Waals surface area contributed by atoms with Crippen molar-refractivity contribution >= 4 is 0 Å². The first-order valence-electron chi connectivity index (χ1n) is 3.29. The number of hydrogen-bond donors (Lipinski definition) is 0. The molecule has 0 aromatic heterocycles. The van der Waals surface area contributed by atoms with Crippen LogP contribution in [0.25, 0.3) is 0 Å². The predicted molar refractivity (Wildman–Crippen MR) is 43.4 cm³/mol. The Hall–Kier alpha value is -0.850. The first-order chi connectivity index (χ1) is 4.68. The molecule has 0 bridgehead atoms. The Morgan fingerprint density at radius 3 is 2.50 bits per heavy atom. The SMILES string of the molecule is C=CCC=CC(F)=C(C)C. The van der Waals surface area contributed by atoms with Gasteiger partial charge in [0.05, 0.1) is 0 Å². The van der Waals surface area contributed by atoms with Crippen molar-refractivity contribution in [1.29, 1.82) is 0 Å². The molecule has 0 aromatic carbocycles. The van der Waals surface area contributed by atoms with Crippen molar-refractivity contribution < 1.29 is 4.39 Å². The summed E-state index contributed by atoms with van der Waals surface area (Å²) in [6, 6.07) is 0. The average molecular weight is 140 g/mol. The molecule has 0 amide bonds. The van der Waals surface area contributed by atoms with Gasteiger partial charge in [-0.1, -0.05) is 12.2 Å². The molecule has 0 rings (SSSR count). The summed E-state index contributed by atoms with van der Waals surface area (Å²) < 4.78 is 12.6. The van der Waals surface area contributed by atoms with E-state index in [0.29, 0.717) is 5.57 Å². The highest BCUT2D eigenvalue weighted by molar-refractivity contribution is 5.16. The van der Waals surface area contributed by atoms with E-state index in [2.05, 4.69) is 6.58 Å². The van der Waals surface area contributed by atoms with E-state index in [9.17, 15) is 4.39 Å². The lowest BCUT2D eigenvalue weighted by atomic mass is 10.2.